The molecule has 62 heavy (non-hydrogen) atoms. The number of hydrogen-bond acceptors (Lipinski definition) is 4. The molecule has 0 saturated carbocycles. The lowest BCUT2D eigenvalue weighted by Gasteiger charge is -2.10. The molecule has 0 spiro atoms. The highest BCUT2D eigenvalue weighted by molar-refractivity contribution is 6.17. The van der Waals surface area contributed by atoms with Gasteiger partial charge in [0.1, 0.15) is 11.2 Å². The van der Waals surface area contributed by atoms with E-state index in [1.807, 2.05) is 36.4 Å². The highest BCUT2D eigenvalue weighted by Crippen LogP contribution is 2.40. The van der Waals surface area contributed by atoms with E-state index in [9.17, 15) is 0 Å². The first-order valence-corrected chi connectivity index (χ1v) is 20.8. The number of nitrogens with zero attached hydrogens (tertiary/aromatic N) is 4. The van der Waals surface area contributed by atoms with E-state index in [-0.39, 0.29) is 0 Å². The van der Waals surface area contributed by atoms with Crippen molar-refractivity contribution in [1.82, 2.24) is 19.5 Å². The molecule has 0 amide bonds. The molecule has 0 aliphatic heterocycles. The number of furan rings is 1. The van der Waals surface area contributed by atoms with Crippen molar-refractivity contribution in [2.24, 2.45) is 0 Å². The third-order valence-electron chi connectivity index (χ3n) is 11.9. The molecule has 0 aliphatic rings. The van der Waals surface area contributed by atoms with Crippen LogP contribution >= 0.6 is 0 Å². The van der Waals surface area contributed by atoms with Gasteiger partial charge in [-0.25, -0.2) is 15.0 Å². The van der Waals surface area contributed by atoms with Crippen molar-refractivity contribution in [1.29, 1.82) is 0 Å². The quantitative estimate of drug-likeness (QED) is 0.161. The molecule has 12 rings (SSSR count). The lowest BCUT2D eigenvalue weighted by atomic mass is 9.99. The van der Waals surface area contributed by atoms with Crippen LogP contribution in [0.4, 0.5) is 0 Å². The zero-order valence-corrected chi connectivity index (χ0v) is 33.5. The summed E-state index contributed by atoms with van der Waals surface area (Å²) >= 11 is 0. The van der Waals surface area contributed by atoms with E-state index >= 15 is 0 Å². The van der Waals surface area contributed by atoms with Gasteiger partial charge in [0.05, 0.1) is 11.0 Å². The number of para-hydroxylation sites is 1. The Morgan fingerprint density at radius 3 is 1.42 bits per heavy atom. The molecule has 5 heteroatoms. The van der Waals surface area contributed by atoms with Crippen molar-refractivity contribution >= 4 is 43.7 Å². The third kappa shape index (κ3) is 6.23. The largest absolute Gasteiger partial charge is 0.456 e. The minimum Gasteiger partial charge on any atom is -0.456 e. The summed E-state index contributed by atoms with van der Waals surface area (Å²) in [5, 5.41) is 4.40. The Morgan fingerprint density at radius 1 is 0.274 bits per heavy atom. The minimum absolute atomic E-state index is 0.584. The number of benzene rings is 9. The zero-order valence-electron chi connectivity index (χ0n) is 33.5. The van der Waals surface area contributed by atoms with E-state index in [1.165, 1.54) is 27.6 Å². The van der Waals surface area contributed by atoms with Crippen molar-refractivity contribution in [3.05, 3.63) is 218 Å². The second kappa shape index (κ2) is 14.7. The lowest BCUT2D eigenvalue weighted by molar-refractivity contribution is 0.669. The van der Waals surface area contributed by atoms with Crippen molar-refractivity contribution in [3.8, 4) is 73.2 Å². The van der Waals surface area contributed by atoms with E-state index < -0.39 is 0 Å². The molecule has 9 aromatic carbocycles. The van der Waals surface area contributed by atoms with Crippen LogP contribution in [0.5, 0.6) is 0 Å². The summed E-state index contributed by atoms with van der Waals surface area (Å²) in [6.07, 6.45) is 0. The van der Waals surface area contributed by atoms with Gasteiger partial charge in [0.15, 0.2) is 17.5 Å². The van der Waals surface area contributed by atoms with Crippen molar-refractivity contribution in [2.45, 2.75) is 0 Å². The topological polar surface area (TPSA) is 56.7 Å². The fraction of sp³-hybridized carbons (Fsp3) is 0. The molecule has 0 atom stereocenters. The standard InChI is InChI=1S/C57H36N4O/c1-4-13-37(14-5-1)39-23-25-42(26-24-39)56-58-55(41-17-8-3-9-18-41)59-57(60-56)45-29-32-48-50-35-52-49(36-54(50)62-53(48)34-45)47-21-10-11-22-51(47)61(52)46-30-27-40(28-31-46)44-20-12-19-43(33-44)38-15-6-2-7-16-38/h1-36H. The molecule has 0 aliphatic carbocycles. The Hall–Kier alpha value is -8.41. The monoisotopic (exact) mass is 792 g/mol. The van der Waals surface area contributed by atoms with E-state index in [0.717, 1.165) is 71.9 Å². The molecular formula is C57H36N4O. The number of aromatic nitrogens is 4. The van der Waals surface area contributed by atoms with Crippen molar-refractivity contribution in [3.63, 3.8) is 0 Å². The van der Waals surface area contributed by atoms with Gasteiger partial charge in [-0.15, -0.1) is 0 Å². The molecule has 0 N–H and O–H groups in total. The Kier molecular flexibility index (Phi) is 8.42. The van der Waals surface area contributed by atoms with E-state index in [0.29, 0.717) is 17.5 Å². The summed E-state index contributed by atoms with van der Waals surface area (Å²) in [6, 6.07) is 76.4. The summed E-state index contributed by atoms with van der Waals surface area (Å²) in [5.74, 6) is 1.81. The molecule has 12 aromatic rings. The van der Waals surface area contributed by atoms with Gasteiger partial charge in [0.2, 0.25) is 0 Å². The number of fused-ring (bicyclic) bond motifs is 6. The maximum atomic E-state index is 6.70. The van der Waals surface area contributed by atoms with Gasteiger partial charge < -0.3 is 8.98 Å². The van der Waals surface area contributed by atoms with Crippen LogP contribution in [-0.2, 0) is 0 Å². The van der Waals surface area contributed by atoms with Crippen molar-refractivity contribution < 1.29 is 4.42 Å². The normalized spacial score (nSPS) is 11.5. The van der Waals surface area contributed by atoms with Crippen LogP contribution in [0.2, 0.25) is 0 Å². The molecular weight excluding hydrogens is 757 g/mol. The van der Waals surface area contributed by atoms with Crippen LogP contribution < -0.4 is 0 Å². The van der Waals surface area contributed by atoms with Gasteiger partial charge in [-0.05, 0) is 81.9 Å². The zero-order chi connectivity index (χ0) is 41.0. The smallest absolute Gasteiger partial charge is 0.164 e. The van der Waals surface area contributed by atoms with E-state index in [1.54, 1.807) is 0 Å². The van der Waals surface area contributed by atoms with Crippen LogP contribution in [0.1, 0.15) is 0 Å². The van der Waals surface area contributed by atoms with Crippen LogP contribution in [0.25, 0.3) is 117 Å². The SMILES string of the molecule is c1ccc(-c2ccc(-c3nc(-c4ccccc4)nc(-c4ccc5c(c4)oc4cc6c7ccccc7n(-c7ccc(-c8cccc(-c9ccccc9)c8)cc7)c6cc45)n3)cc2)cc1. The summed E-state index contributed by atoms with van der Waals surface area (Å²) in [4.78, 5) is 15.0. The van der Waals surface area contributed by atoms with Gasteiger partial charge in [0.25, 0.3) is 0 Å². The summed E-state index contributed by atoms with van der Waals surface area (Å²) < 4.78 is 9.06. The van der Waals surface area contributed by atoms with E-state index in [2.05, 4.69) is 187 Å². The first-order chi connectivity index (χ1) is 30.7. The van der Waals surface area contributed by atoms with Gasteiger partial charge in [-0.3, -0.25) is 0 Å². The maximum Gasteiger partial charge on any atom is 0.164 e. The number of hydrogen-bond donors (Lipinski definition) is 0. The first kappa shape index (κ1) is 35.5. The molecule has 0 radical (unpaired) electrons. The van der Waals surface area contributed by atoms with Crippen LogP contribution in [0.15, 0.2) is 223 Å². The van der Waals surface area contributed by atoms with Gasteiger partial charge >= 0.3 is 0 Å². The molecule has 0 unspecified atom stereocenters. The summed E-state index contributed by atoms with van der Waals surface area (Å²) in [5.41, 5.74) is 14.8. The van der Waals surface area contributed by atoms with Crippen LogP contribution in [-0.4, -0.2) is 19.5 Å². The van der Waals surface area contributed by atoms with Gasteiger partial charge in [0, 0.05) is 43.9 Å². The van der Waals surface area contributed by atoms with Crippen LogP contribution in [0.3, 0.4) is 0 Å². The summed E-state index contributed by atoms with van der Waals surface area (Å²) in [6.45, 7) is 0. The average Bonchev–Trinajstić information content (AvgIpc) is 3.88. The molecule has 0 bridgehead atoms. The second-order valence-corrected chi connectivity index (χ2v) is 15.6. The Balaban J connectivity index is 0.944. The minimum atomic E-state index is 0.584. The molecule has 5 nitrogen and oxygen atoms in total. The van der Waals surface area contributed by atoms with Crippen LogP contribution in [0, 0.1) is 0 Å². The highest BCUT2D eigenvalue weighted by atomic mass is 16.3. The molecule has 290 valence electrons. The first-order valence-electron chi connectivity index (χ1n) is 20.8. The molecule has 0 saturated heterocycles. The average molecular weight is 793 g/mol. The Labute approximate surface area is 357 Å². The highest BCUT2D eigenvalue weighted by Gasteiger charge is 2.19. The Morgan fingerprint density at radius 2 is 0.742 bits per heavy atom. The molecule has 3 heterocycles. The molecule has 0 fully saturated rings. The predicted molar refractivity (Wildman–Crippen MR) is 254 cm³/mol. The Bertz CT molecular complexity index is 3590. The van der Waals surface area contributed by atoms with Gasteiger partial charge in [-0.1, -0.05) is 170 Å². The number of rotatable bonds is 7. The predicted octanol–water partition coefficient (Wildman–Crippen LogP) is 14.9. The van der Waals surface area contributed by atoms with Crippen molar-refractivity contribution in [2.75, 3.05) is 0 Å². The second-order valence-electron chi connectivity index (χ2n) is 15.6. The van der Waals surface area contributed by atoms with E-state index in [4.69, 9.17) is 19.4 Å². The lowest BCUT2D eigenvalue weighted by Crippen LogP contribution is -2.00. The summed E-state index contributed by atoms with van der Waals surface area (Å²) in [7, 11) is 0. The molecule has 3 aromatic heterocycles. The maximum absolute atomic E-state index is 6.70. The third-order valence-corrected chi connectivity index (χ3v) is 11.9. The van der Waals surface area contributed by atoms with Gasteiger partial charge in [-0.2, -0.15) is 0 Å². The fourth-order valence-corrected chi connectivity index (χ4v) is 8.76. The fourth-order valence-electron chi connectivity index (χ4n) is 8.76.